The summed E-state index contributed by atoms with van der Waals surface area (Å²) in [6.45, 7) is 4.01. The molecule has 5 rings (SSSR count). The molecule has 162 valence electrons. The number of hydrogen-bond donors (Lipinski definition) is 0. The van der Waals surface area contributed by atoms with Gasteiger partial charge in [-0.1, -0.05) is 48.5 Å². The molecule has 0 N–H and O–H groups in total. The zero-order valence-corrected chi connectivity index (χ0v) is 18.4. The molecule has 3 aromatic rings. The molecule has 0 atom stereocenters. The van der Waals surface area contributed by atoms with Gasteiger partial charge in [-0.3, -0.25) is 9.69 Å². The molecule has 2 aliphatic rings. The minimum Gasteiger partial charge on any atom is -0.483 e. The number of rotatable bonds is 4. The van der Waals surface area contributed by atoms with Crippen LogP contribution >= 0.6 is 0 Å². The van der Waals surface area contributed by atoms with Crippen molar-refractivity contribution in [1.29, 1.82) is 0 Å². The molecule has 0 saturated carbocycles. The van der Waals surface area contributed by atoms with Crippen LogP contribution in [0.1, 0.15) is 31.4 Å². The Morgan fingerprint density at radius 1 is 0.969 bits per heavy atom. The second-order valence-electron chi connectivity index (χ2n) is 8.79. The lowest BCUT2D eigenvalue weighted by Crippen LogP contribution is -2.41. The summed E-state index contributed by atoms with van der Waals surface area (Å²) in [6, 6.07) is 23.6. The molecule has 5 nitrogen and oxygen atoms in total. The Bertz CT molecular complexity index is 1180. The van der Waals surface area contributed by atoms with E-state index in [-0.39, 0.29) is 18.1 Å². The van der Waals surface area contributed by atoms with E-state index in [0.29, 0.717) is 12.2 Å². The lowest BCUT2D eigenvalue weighted by atomic mass is 10.0. The molecule has 3 aromatic carbocycles. The monoisotopic (exact) mass is 426 g/mol. The zero-order chi connectivity index (χ0) is 22.1. The first-order valence-corrected chi connectivity index (χ1v) is 11.0. The summed E-state index contributed by atoms with van der Waals surface area (Å²) < 4.78 is 12.1. The minimum atomic E-state index is -0.272. The number of amides is 1. The van der Waals surface area contributed by atoms with Gasteiger partial charge in [-0.15, -0.1) is 0 Å². The van der Waals surface area contributed by atoms with E-state index in [4.69, 9.17) is 14.5 Å². The maximum atomic E-state index is 13.4. The number of fused-ring (bicyclic) bond motifs is 2. The van der Waals surface area contributed by atoms with Crippen molar-refractivity contribution in [2.24, 2.45) is 4.99 Å². The van der Waals surface area contributed by atoms with Gasteiger partial charge in [-0.25, -0.2) is 4.99 Å². The number of carbonyl (C=O) groups is 1. The first-order chi connectivity index (χ1) is 15.5. The second-order valence-corrected chi connectivity index (χ2v) is 8.79. The van der Waals surface area contributed by atoms with Gasteiger partial charge in [0.15, 0.2) is 18.1 Å². The summed E-state index contributed by atoms with van der Waals surface area (Å²) in [6.07, 6.45) is 2.36. The summed E-state index contributed by atoms with van der Waals surface area (Å²) >= 11 is 0. The summed E-state index contributed by atoms with van der Waals surface area (Å²) in [7, 11) is 0. The fourth-order valence-corrected chi connectivity index (χ4v) is 4.35. The smallest absolute Gasteiger partial charge is 0.270 e. The molecule has 0 spiro atoms. The number of para-hydroxylation sites is 3. The highest BCUT2D eigenvalue weighted by Crippen LogP contribution is 2.41. The number of amidine groups is 1. The highest BCUT2D eigenvalue weighted by Gasteiger charge is 2.33. The van der Waals surface area contributed by atoms with Crippen molar-refractivity contribution in [1.82, 2.24) is 0 Å². The third-order valence-electron chi connectivity index (χ3n) is 5.79. The van der Waals surface area contributed by atoms with Crippen LogP contribution in [0.25, 0.3) is 0 Å². The molecule has 5 heteroatoms. The average molecular weight is 427 g/mol. The lowest BCUT2D eigenvalue weighted by Gasteiger charge is -2.27. The molecule has 0 unspecified atom stereocenters. The van der Waals surface area contributed by atoms with Crippen LogP contribution < -0.4 is 14.4 Å². The summed E-state index contributed by atoms with van der Waals surface area (Å²) in [4.78, 5) is 19.9. The van der Waals surface area contributed by atoms with Crippen LogP contribution in [-0.2, 0) is 17.6 Å². The maximum Gasteiger partial charge on any atom is 0.270 e. The fraction of sp³-hybridized carbons (Fsp3) is 0.259. The molecule has 0 radical (unpaired) electrons. The molecule has 2 aliphatic heterocycles. The predicted molar refractivity (Wildman–Crippen MR) is 126 cm³/mol. The van der Waals surface area contributed by atoms with Crippen LogP contribution in [0.4, 0.5) is 11.4 Å². The van der Waals surface area contributed by atoms with E-state index in [0.717, 1.165) is 41.4 Å². The predicted octanol–water partition coefficient (Wildman–Crippen LogP) is 5.49. The Balaban J connectivity index is 1.41. The van der Waals surface area contributed by atoms with E-state index in [1.807, 2.05) is 66.7 Å². The number of carbonyl (C=O) groups excluding carboxylic acids is 1. The zero-order valence-electron chi connectivity index (χ0n) is 18.4. The molecule has 0 bridgehead atoms. The van der Waals surface area contributed by atoms with Gasteiger partial charge in [0, 0.05) is 18.4 Å². The Labute approximate surface area is 188 Å². The highest BCUT2D eigenvalue weighted by molar-refractivity contribution is 6.18. The molecule has 32 heavy (non-hydrogen) atoms. The highest BCUT2D eigenvalue weighted by atomic mass is 16.5. The quantitative estimate of drug-likeness (QED) is 0.554. The molecule has 1 amide bonds. The van der Waals surface area contributed by atoms with Gasteiger partial charge in [0.25, 0.3) is 5.91 Å². The Hall–Kier alpha value is -3.60. The van der Waals surface area contributed by atoms with Gasteiger partial charge >= 0.3 is 0 Å². The van der Waals surface area contributed by atoms with Gasteiger partial charge in [0.2, 0.25) is 0 Å². The summed E-state index contributed by atoms with van der Waals surface area (Å²) in [5.74, 6) is 1.91. The standard InChI is InChI=1S/C27H26N2O3/c1-27(2)17-20-10-8-14-23(26(20)32-27)31-18-25(30)29(21-11-4-3-5-12-21)24-16-15-19-9-6-7-13-22(19)28-24/h3-14H,15-18H2,1-2H3. The van der Waals surface area contributed by atoms with Crippen molar-refractivity contribution in [3.05, 3.63) is 83.9 Å². The van der Waals surface area contributed by atoms with Crippen molar-refractivity contribution in [2.75, 3.05) is 11.5 Å². The number of hydrogen-bond acceptors (Lipinski definition) is 4. The van der Waals surface area contributed by atoms with Crippen LogP contribution in [0, 0.1) is 0 Å². The number of nitrogens with zero attached hydrogens (tertiary/aromatic N) is 2. The number of anilines is 1. The van der Waals surface area contributed by atoms with Crippen molar-refractivity contribution in [2.45, 2.75) is 38.7 Å². The lowest BCUT2D eigenvalue weighted by molar-refractivity contribution is -0.119. The van der Waals surface area contributed by atoms with Crippen molar-refractivity contribution < 1.29 is 14.3 Å². The third-order valence-corrected chi connectivity index (χ3v) is 5.79. The van der Waals surface area contributed by atoms with E-state index >= 15 is 0 Å². The van der Waals surface area contributed by atoms with E-state index in [1.54, 1.807) is 4.90 Å². The second kappa shape index (κ2) is 8.15. The summed E-state index contributed by atoms with van der Waals surface area (Å²) in [5.41, 5.74) is 3.74. The SMILES string of the molecule is CC1(C)Cc2cccc(OCC(=O)N(C3=Nc4ccccc4CC3)c3ccccc3)c2O1. The number of aliphatic imine (C=N–C) groups is 1. The van der Waals surface area contributed by atoms with Crippen LogP contribution in [0.15, 0.2) is 77.8 Å². The fourth-order valence-electron chi connectivity index (χ4n) is 4.35. The average Bonchev–Trinajstić information content (AvgIpc) is 3.13. The minimum absolute atomic E-state index is 0.101. The van der Waals surface area contributed by atoms with E-state index in [9.17, 15) is 4.79 Å². The van der Waals surface area contributed by atoms with Gasteiger partial charge in [0.05, 0.1) is 11.4 Å². The molecule has 0 aliphatic carbocycles. The molecule has 0 aromatic heterocycles. The molecular weight excluding hydrogens is 400 g/mol. The topological polar surface area (TPSA) is 51.1 Å². The number of benzene rings is 3. The van der Waals surface area contributed by atoms with Crippen molar-refractivity contribution in [3.63, 3.8) is 0 Å². The Morgan fingerprint density at radius 3 is 2.56 bits per heavy atom. The van der Waals surface area contributed by atoms with Gasteiger partial charge < -0.3 is 9.47 Å². The van der Waals surface area contributed by atoms with Crippen molar-refractivity contribution in [3.8, 4) is 11.5 Å². The van der Waals surface area contributed by atoms with Crippen LogP contribution in [-0.4, -0.2) is 24.0 Å². The first-order valence-electron chi connectivity index (χ1n) is 11.0. The van der Waals surface area contributed by atoms with Gasteiger partial charge in [-0.2, -0.15) is 0 Å². The molecule has 0 saturated heterocycles. The van der Waals surface area contributed by atoms with Crippen molar-refractivity contribution >= 4 is 23.1 Å². The van der Waals surface area contributed by atoms with Crippen LogP contribution in [0.5, 0.6) is 11.5 Å². The normalized spacial score (nSPS) is 15.8. The van der Waals surface area contributed by atoms with Gasteiger partial charge in [-0.05, 0) is 50.1 Å². The Morgan fingerprint density at radius 2 is 1.72 bits per heavy atom. The van der Waals surface area contributed by atoms with Crippen LogP contribution in [0.2, 0.25) is 0 Å². The number of aryl methyl sites for hydroxylation is 1. The molecule has 2 heterocycles. The third kappa shape index (κ3) is 3.98. The largest absolute Gasteiger partial charge is 0.483 e. The maximum absolute atomic E-state index is 13.4. The molecule has 0 fully saturated rings. The van der Waals surface area contributed by atoms with E-state index in [2.05, 4.69) is 19.9 Å². The van der Waals surface area contributed by atoms with E-state index < -0.39 is 0 Å². The molecular formula is C27H26N2O3. The number of ether oxygens (including phenoxy) is 2. The van der Waals surface area contributed by atoms with E-state index in [1.165, 1.54) is 5.56 Å². The Kier molecular flexibility index (Phi) is 5.17. The van der Waals surface area contributed by atoms with Gasteiger partial charge in [0.1, 0.15) is 11.4 Å². The summed E-state index contributed by atoms with van der Waals surface area (Å²) in [5, 5.41) is 0. The first kappa shape index (κ1) is 20.3. The van der Waals surface area contributed by atoms with Crippen LogP contribution in [0.3, 0.4) is 0 Å².